The molecule has 1 amide bonds. The van der Waals surface area contributed by atoms with E-state index in [1.165, 1.54) is 28.8 Å². The van der Waals surface area contributed by atoms with Gasteiger partial charge in [0.1, 0.15) is 5.82 Å². The number of alkyl halides is 3. The molecule has 3 aromatic rings. The molecule has 0 unspecified atom stereocenters. The Morgan fingerprint density at radius 3 is 2.58 bits per heavy atom. The zero-order valence-corrected chi connectivity index (χ0v) is 22.1. The average molecular weight is 562 g/mol. The number of hydrogen-bond donors (Lipinski definition) is 0. The number of aromatic nitrogens is 2. The number of carbonyl (C=O) groups excluding carboxylic acids is 2. The Morgan fingerprint density at radius 1 is 1.08 bits per heavy atom. The van der Waals surface area contributed by atoms with Gasteiger partial charge in [0.05, 0.1) is 5.56 Å². The molecule has 1 atom stereocenters. The van der Waals surface area contributed by atoms with Crippen LogP contribution in [0.1, 0.15) is 55.7 Å². The molecule has 1 aromatic heterocycles. The van der Waals surface area contributed by atoms with E-state index >= 15 is 0 Å². The highest BCUT2D eigenvalue weighted by Crippen LogP contribution is 2.49. The van der Waals surface area contributed by atoms with Gasteiger partial charge in [0.15, 0.2) is 10.1 Å². The summed E-state index contributed by atoms with van der Waals surface area (Å²) in [6, 6.07) is 11.3. The summed E-state index contributed by atoms with van der Waals surface area (Å²) in [5.74, 6) is -1.34. The summed E-state index contributed by atoms with van der Waals surface area (Å²) in [4.78, 5) is 28.2. The first-order valence-electron chi connectivity index (χ1n) is 11.9. The molecule has 0 saturated carbocycles. The number of thioether (sulfide) groups is 1. The second-order valence-electron chi connectivity index (χ2n) is 10.1. The third-order valence-corrected chi connectivity index (χ3v) is 8.74. The van der Waals surface area contributed by atoms with Gasteiger partial charge < -0.3 is 0 Å². The van der Waals surface area contributed by atoms with E-state index in [4.69, 9.17) is 0 Å². The molecule has 0 spiro atoms. The van der Waals surface area contributed by atoms with Crippen LogP contribution in [0.25, 0.3) is 0 Å². The lowest BCUT2D eigenvalue weighted by Crippen LogP contribution is -2.43. The number of hydrogen-bond acceptors (Lipinski definition) is 6. The first-order chi connectivity index (χ1) is 17.9. The Balaban J connectivity index is 1.46. The van der Waals surface area contributed by atoms with Gasteiger partial charge in [-0.2, -0.15) is 13.2 Å². The zero-order chi connectivity index (χ0) is 27.2. The highest BCUT2D eigenvalue weighted by Gasteiger charge is 2.45. The number of benzene rings is 2. The second kappa shape index (κ2) is 9.92. The predicted molar refractivity (Wildman–Crippen MR) is 137 cm³/mol. The fourth-order valence-electron chi connectivity index (χ4n) is 4.99. The van der Waals surface area contributed by atoms with Crippen LogP contribution in [0.3, 0.4) is 0 Å². The molecule has 1 aliphatic carbocycles. The molecule has 0 saturated heterocycles. The van der Waals surface area contributed by atoms with Crippen molar-refractivity contribution in [3.8, 4) is 0 Å². The quantitative estimate of drug-likeness (QED) is 0.188. The van der Waals surface area contributed by atoms with Gasteiger partial charge in [-0.1, -0.05) is 73.3 Å². The summed E-state index contributed by atoms with van der Waals surface area (Å²) < 4.78 is 54.3. The van der Waals surface area contributed by atoms with Gasteiger partial charge in [-0.25, -0.2) is 4.39 Å². The molecule has 2 heterocycles. The Morgan fingerprint density at radius 2 is 1.84 bits per heavy atom. The average Bonchev–Trinajstić information content (AvgIpc) is 3.29. The minimum Gasteiger partial charge on any atom is -0.294 e. The van der Waals surface area contributed by atoms with Crippen molar-refractivity contribution in [2.24, 2.45) is 5.41 Å². The third kappa shape index (κ3) is 5.26. The zero-order valence-electron chi connectivity index (χ0n) is 20.5. The topological polar surface area (TPSA) is 63.2 Å². The minimum atomic E-state index is -4.43. The summed E-state index contributed by atoms with van der Waals surface area (Å²) in [6.07, 6.45) is -3.80. The largest absolute Gasteiger partial charge is 0.416 e. The highest BCUT2D eigenvalue weighted by atomic mass is 32.2. The van der Waals surface area contributed by atoms with Crippen molar-refractivity contribution >= 4 is 39.9 Å². The lowest BCUT2D eigenvalue weighted by Gasteiger charge is -2.41. The number of nitrogens with zero attached hydrogens (tertiary/aromatic N) is 3. The van der Waals surface area contributed by atoms with Crippen LogP contribution in [0.4, 0.5) is 22.7 Å². The van der Waals surface area contributed by atoms with E-state index in [1.54, 1.807) is 24.3 Å². The Bertz CT molecular complexity index is 1450. The van der Waals surface area contributed by atoms with Gasteiger partial charge in [0.25, 0.3) is 0 Å². The predicted octanol–water partition coefficient (Wildman–Crippen LogP) is 7.15. The van der Waals surface area contributed by atoms with Crippen molar-refractivity contribution in [1.29, 1.82) is 0 Å². The molecule has 5 nitrogen and oxygen atoms in total. The number of amides is 1. The number of allylic oxidation sites excluding steroid dienone is 2. The number of anilines is 1. The molecule has 0 bridgehead atoms. The number of rotatable bonds is 5. The Labute approximate surface area is 225 Å². The summed E-state index contributed by atoms with van der Waals surface area (Å²) in [6.45, 7) is 3.89. The monoisotopic (exact) mass is 561 g/mol. The number of ketones is 1. The standard InChI is InChI=1S/C27H23F4N3O2S2/c1-26(2)12-20-23(21(35)13-26)18(17-8-3-4-9-19(17)28)11-22(36)34(20)24-32-33-25(38-24)37-14-15-6-5-7-16(10-15)27(29,30)31/h3-10,18H,11-14H2,1-2H3/t18-/m1/s1. The molecule has 1 aliphatic heterocycles. The maximum atomic E-state index is 14.7. The van der Waals surface area contributed by atoms with Gasteiger partial charge in [-0.3, -0.25) is 14.5 Å². The van der Waals surface area contributed by atoms with E-state index in [2.05, 4.69) is 10.2 Å². The molecule has 0 fully saturated rings. The van der Waals surface area contributed by atoms with E-state index in [0.717, 1.165) is 23.5 Å². The molecule has 0 N–H and O–H groups in total. The van der Waals surface area contributed by atoms with Crippen LogP contribution in [-0.2, 0) is 21.5 Å². The van der Waals surface area contributed by atoms with Gasteiger partial charge in [0.2, 0.25) is 11.0 Å². The van der Waals surface area contributed by atoms with E-state index in [0.29, 0.717) is 33.2 Å². The molecule has 38 heavy (non-hydrogen) atoms. The lowest BCUT2D eigenvalue weighted by molar-refractivity contribution is -0.137. The molecule has 198 valence electrons. The van der Waals surface area contributed by atoms with Gasteiger partial charge in [0, 0.05) is 35.8 Å². The Hall–Kier alpha value is -3.05. The second-order valence-corrected chi connectivity index (χ2v) is 12.3. The summed E-state index contributed by atoms with van der Waals surface area (Å²) in [7, 11) is 0. The van der Waals surface area contributed by atoms with Gasteiger partial charge in [-0.05, 0) is 35.1 Å². The van der Waals surface area contributed by atoms with Crippen molar-refractivity contribution in [1.82, 2.24) is 10.2 Å². The normalized spacial score (nSPS) is 19.6. The summed E-state index contributed by atoms with van der Waals surface area (Å²) in [5, 5.41) is 8.62. The fraction of sp³-hybridized carbons (Fsp3) is 0.333. The number of carbonyl (C=O) groups is 2. The molecule has 11 heteroatoms. The summed E-state index contributed by atoms with van der Waals surface area (Å²) in [5.41, 5.74) is 0.616. The Kier molecular flexibility index (Phi) is 6.93. The molecule has 2 aromatic carbocycles. The van der Waals surface area contributed by atoms with Crippen molar-refractivity contribution in [3.05, 3.63) is 82.3 Å². The van der Waals surface area contributed by atoms with E-state index < -0.39 is 28.9 Å². The lowest BCUT2D eigenvalue weighted by atomic mass is 9.69. The van der Waals surface area contributed by atoms with Crippen molar-refractivity contribution in [3.63, 3.8) is 0 Å². The SMILES string of the molecule is CC1(C)CC(=O)C2=C(C1)N(c1nnc(SCc3cccc(C(F)(F)F)c3)s1)C(=O)C[C@@H]2c1ccccc1F. The first kappa shape index (κ1) is 26.6. The van der Waals surface area contributed by atoms with Crippen LogP contribution >= 0.6 is 23.1 Å². The van der Waals surface area contributed by atoms with E-state index in [-0.39, 0.29) is 35.4 Å². The van der Waals surface area contributed by atoms with E-state index in [1.807, 2.05) is 13.8 Å². The molecular formula is C27H23F4N3O2S2. The smallest absolute Gasteiger partial charge is 0.294 e. The van der Waals surface area contributed by atoms with Gasteiger partial charge in [-0.15, -0.1) is 10.2 Å². The molecule has 2 aliphatic rings. The molecule has 5 rings (SSSR count). The maximum Gasteiger partial charge on any atom is 0.416 e. The number of halogens is 4. The van der Waals surface area contributed by atoms with Crippen molar-refractivity contribution in [2.75, 3.05) is 4.90 Å². The fourth-order valence-corrected chi connectivity index (χ4v) is 6.82. The van der Waals surface area contributed by atoms with Crippen LogP contribution in [0.2, 0.25) is 0 Å². The molecular weight excluding hydrogens is 538 g/mol. The van der Waals surface area contributed by atoms with Crippen LogP contribution in [-0.4, -0.2) is 21.9 Å². The molecule has 0 radical (unpaired) electrons. The van der Waals surface area contributed by atoms with Crippen molar-refractivity contribution < 1.29 is 27.2 Å². The van der Waals surface area contributed by atoms with E-state index in [9.17, 15) is 27.2 Å². The first-order valence-corrected chi connectivity index (χ1v) is 13.7. The van der Waals surface area contributed by atoms with Crippen LogP contribution < -0.4 is 4.90 Å². The highest BCUT2D eigenvalue weighted by molar-refractivity contribution is 8.00. The summed E-state index contributed by atoms with van der Waals surface area (Å²) >= 11 is 2.35. The third-order valence-electron chi connectivity index (χ3n) is 6.63. The van der Waals surface area contributed by atoms with Crippen LogP contribution in [0.15, 0.2) is 64.1 Å². The maximum absolute atomic E-state index is 14.7. The van der Waals surface area contributed by atoms with Crippen molar-refractivity contribution in [2.45, 2.75) is 55.3 Å². The van der Waals surface area contributed by atoms with Gasteiger partial charge >= 0.3 is 6.18 Å². The van der Waals surface area contributed by atoms with Crippen LogP contribution in [0.5, 0.6) is 0 Å². The van der Waals surface area contributed by atoms with Crippen LogP contribution in [0, 0.1) is 11.2 Å². The number of Topliss-reactive ketones (excluding diaryl/α,β-unsaturated/α-hetero) is 1. The minimum absolute atomic E-state index is 0.0851.